The first-order valence-corrected chi connectivity index (χ1v) is 9.86. The number of aryl methyl sites for hydroxylation is 1. The van der Waals surface area contributed by atoms with Crippen molar-refractivity contribution in [1.29, 1.82) is 0 Å². The molecule has 0 unspecified atom stereocenters. The molecule has 0 spiro atoms. The molecule has 7 nitrogen and oxygen atoms in total. The zero-order valence-corrected chi connectivity index (χ0v) is 17.4. The summed E-state index contributed by atoms with van der Waals surface area (Å²) in [5, 5.41) is 9.00. The first kappa shape index (κ1) is 20.6. The van der Waals surface area contributed by atoms with Gasteiger partial charge in [-0.2, -0.15) is 0 Å². The second-order valence-electron chi connectivity index (χ2n) is 6.05. The van der Waals surface area contributed by atoms with E-state index in [0.717, 1.165) is 22.6 Å². The molecule has 0 radical (unpaired) electrons. The molecule has 0 saturated carbocycles. The molecule has 3 aromatic rings. The van der Waals surface area contributed by atoms with E-state index in [1.165, 1.54) is 0 Å². The van der Waals surface area contributed by atoms with Gasteiger partial charge in [-0.1, -0.05) is 41.1 Å². The van der Waals surface area contributed by atoms with Crippen LogP contribution >= 0.6 is 22.9 Å². The van der Waals surface area contributed by atoms with Crippen LogP contribution in [0.25, 0.3) is 0 Å². The first-order valence-electron chi connectivity index (χ1n) is 8.66. The number of hydrogen-bond donors (Lipinski definition) is 3. The van der Waals surface area contributed by atoms with Crippen LogP contribution in [0.3, 0.4) is 0 Å². The maximum atomic E-state index is 12.5. The quantitative estimate of drug-likeness (QED) is 0.529. The number of nitrogens with one attached hydrogen (secondary N) is 3. The van der Waals surface area contributed by atoms with E-state index in [4.69, 9.17) is 16.3 Å². The highest BCUT2D eigenvalue weighted by molar-refractivity contribution is 7.17. The Kier molecular flexibility index (Phi) is 6.69. The zero-order valence-electron chi connectivity index (χ0n) is 15.8. The molecule has 1 aromatic heterocycles. The lowest BCUT2D eigenvalue weighted by molar-refractivity contribution is 0.0954. The van der Waals surface area contributed by atoms with Gasteiger partial charge in [0.05, 0.1) is 12.8 Å². The first-order chi connectivity index (χ1) is 13.9. The van der Waals surface area contributed by atoms with Crippen LogP contribution in [-0.2, 0) is 6.54 Å². The minimum atomic E-state index is -0.466. The number of carbonyl (C=O) groups excluding carboxylic acids is 2. The van der Waals surface area contributed by atoms with Crippen LogP contribution in [0.4, 0.5) is 15.6 Å². The number of hydrogen-bond acceptors (Lipinski definition) is 5. The Morgan fingerprint density at radius 1 is 1.14 bits per heavy atom. The Hall–Kier alpha value is -3.10. The maximum absolute atomic E-state index is 12.5. The summed E-state index contributed by atoms with van der Waals surface area (Å²) in [7, 11) is 1.60. The second-order valence-corrected chi connectivity index (χ2v) is 7.49. The van der Waals surface area contributed by atoms with Crippen molar-refractivity contribution in [2.45, 2.75) is 13.5 Å². The van der Waals surface area contributed by atoms with Gasteiger partial charge in [-0.3, -0.25) is 10.1 Å². The third-order valence-electron chi connectivity index (χ3n) is 3.92. The van der Waals surface area contributed by atoms with Gasteiger partial charge in [-0.25, -0.2) is 9.78 Å². The van der Waals surface area contributed by atoms with Crippen LogP contribution in [0.2, 0.25) is 5.02 Å². The zero-order chi connectivity index (χ0) is 20.8. The molecule has 9 heteroatoms. The molecule has 2 aromatic carbocycles. The summed E-state index contributed by atoms with van der Waals surface area (Å²) in [5.74, 6) is 0.504. The number of methoxy groups -OCH3 is 1. The Balaban J connectivity index is 1.58. The highest BCUT2D eigenvalue weighted by atomic mass is 35.5. The predicted molar refractivity (Wildman–Crippen MR) is 115 cm³/mol. The topological polar surface area (TPSA) is 92.4 Å². The van der Waals surface area contributed by atoms with E-state index in [9.17, 15) is 9.59 Å². The van der Waals surface area contributed by atoms with E-state index in [0.29, 0.717) is 33.0 Å². The number of benzene rings is 2. The summed E-state index contributed by atoms with van der Waals surface area (Å²) < 4.78 is 5.12. The Morgan fingerprint density at radius 2 is 1.90 bits per heavy atom. The maximum Gasteiger partial charge on any atom is 0.325 e. The van der Waals surface area contributed by atoms with E-state index in [1.54, 1.807) is 38.3 Å². The molecule has 3 rings (SSSR count). The number of halogens is 1. The van der Waals surface area contributed by atoms with Gasteiger partial charge in [0.25, 0.3) is 5.91 Å². The molecule has 29 heavy (non-hydrogen) atoms. The number of rotatable bonds is 6. The summed E-state index contributed by atoms with van der Waals surface area (Å²) in [5.41, 5.74) is 2.04. The molecular weight excluding hydrogens is 412 g/mol. The number of thiazole rings is 1. The highest BCUT2D eigenvalue weighted by Gasteiger charge is 2.16. The lowest BCUT2D eigenvalue weighted by Crippen LogP contribution is -2.22. The average molecular weight is 431 g/mol. The molecule has 0 bridgehead atoms. The van der Waals surface area contributed by atoms with Crippen LogP contribution < -0.4 is 20.7 Å². The third kappa shape index (κ3) is 5.69. The van der Waals surface area contributed by atoms with E-state index in [1.807, 2.05) is 24.3 Å². The second kappa shape index (κ2) is 9.40. The van der Waals surface area contributed by atoms with Gasteiger partial charge in [-0.15, -0.1) is 0 Å². The molecule has 0 aliphatic carbocycles. The highest BCUT2D eigenvalue weighted by Crippen LogP contribution is 2.23. The number of anilines is 2. The van der Waals surface area contributed by atoms with Crippen LogP contribution in [0.5, 0.6) is 5.75 Å². The monoisotopic (exact) mass is 430 g/mol. The fraction of sp³-hybridized carbons (Fsp3) is 0.150. The number of aromatic nitrogens is 1. The molecule has 0 atom stereocenters. The average Bonchev–Trinajstić information content (AvgIpc) is 3.06. The number of nitrogens with zero attached hydrogens (tertiary/aromatic N) is 1. The van der Waals surface area contributed by atoms with Crippen LogP contribution in [0.15, 0.2) is 48.5 Å². The molecule has 0 saturated heterocycles. The number of carbonyl (C=O) groups is 2. The fourth-order valence-electron chi connectivity index (χ4n) is 2.49. The summed E-state index contributed by atoms with van der Waals surface area (Å²) in [4.78, 5) is 29.3. The standard InChI is InChI=1S/C20H19ClN4O3S/c1-12-17(18(26)22-11-13-6-8-16(28-2)9-7-13)29-20(23-12)25-19(27)24-15-5-3-4-14(21)10-15/h3-10H,11H2,1-2H3,(H,22,26)(H2,23,24,25,27). The van der Waals surface area contributed by atoms with Crippen molar-refractivity contribution in [2.24, 2.45) is 0 Å². The Morgan fingerprint density at radius 3 is 2.59 bits per heavy atom. The van der Waals surface area contributed by atoms with E-state index < -0.39 is 6.03 Å². The van der Waals surface area contributed by atoms with Gasteiger partial charge < -0.3 is 15.4 Å². The van der Waals surface area contributed by atoms with Gasteiger partial charge in [0, 0.05) is 17.3 Å². The van der Waals surface area contributed by atoms with Crippen molar-refractivity contribution in [3.8, 4) is 5.75 Å². The smallest absolute Gasteiger partial charge is 0.325 e. The molecule has 1 heterocycles. The summed E-state index contributed by atoms with van der Waals surface area (Å²) in [6.45, 7) is 2.09. The van der Waals surface area contributed by atoms with E-state index >= 15 is 0 Å². The van der Waals surface area contributed by atoms with Gasteiger partial charge >= 0.3 is 6.03 Å². The minimum Gasteiger partial charge on any atom is -0.497 e. The molecular formula is C20H19ClN4O3S. The van der Waals surface area contributed by atoms with E-state index in [2.05, 4.69) is 20.9 Å². The van der Waals surface area contributed by atoms with Crippen molar-refractivity contribution in [3.63, 3.8) is 0 Å². The number of amides is 3. The predicted octanol–water partition coefficient (Wildman–Crippen LogP) is 4.69. The van der Waals surface area contributed by atoms with Crippen LogP contribution in [0, 0.1) is 6.92 Å². The molecule has 3 amide bonds. The van der Waals surface area contributed by atoms with Crippen LogP contribution in [0.1, 0.15) is 20.9 Å². The van der Waals surface area contributed by atoms with Gasteiger partial charge in [-0.05, 0) is 42.8 Å². The minimum absolute atomic E-state index is 0.251. The molecule has 0 aliphatic rings. The lowest BCUT2D eigenvalue weighted by atomic mass is 10.2. The largest absolute Gasteiger partial charge is 0.497 e. The van der Waals surface area contributed by atoms with E-state index in [-0.39, 0.29) is 5.91 Å². The SMILES string of the molecule is COc1ccc(CNC(=O)c2sc(NC(=O)Nc3cccc(Cl)c3)nc2C)cc1. The number of urea groups is 1. The van der Waals surface area contributed by atoms with Crippen molar-refractivity contribution in [3.05, 3.63) is 69.7 Å². The van der Waals surface area contributed by atoms with Crippen LogP contribution in [-0.4, -0.2) is 24.0 Å². The Labute approximate surface area is 177 Å². The molecule has 0 fully saturated rings. The van der Waals surface area contributed by atoms with Crippen molar-refractivity contribution in [1.82, 2.24) is 10.3 Å². The Bertz CT molecular complexity index is 1020. The fourth-order valence-corrected chi connectivity index (χ4v) is 3.56. The molecule has 0 aliphatic heterocycles. The lowest BCUT2D eigenvalue weighted by Gasteiger charge is -2.06. The van der Waals surface area contributed by atoms with Gasteiger partial charge in [0.1, 0.15) is 10.6 Å². The van der Waals surface area contributed by atoms with Gasteiger partial charge in [0.15, 0.2) is 5.13 Å². The van der Waals surface area contributed by atoms with Crippen molar-refractivity contribution in [2.75, 3.05) is 17.7 Å². The number of ether oxygens (including phenoxy) is 1. The third-order valence-corrected chi connectivity index (χ3v) is 5.22. The molecule has 150 valence electrons. The summed E-state index contributed by atoms with van der Waals surface area (Å²) >= 11 is 7.01. The normalized spacial score (nSPS) is 10.3. The molecule has 3 N–H and O–H groups in total. The summed E-state index contributed by atoms with van der Waals surface area (Å²) in [6.07, 6.45) is 0. The van der Waals surface area contributed by atoms with Crippen molar-refractivity contribution >= 4 is 45.7 Å². The summed E-state index contributed by atoms with van der Waals surface area (Å²) in [6, 6.07) is 13.8. The van der Waals surface area contributed by atoms with Gasteiger partial charge in [0.2, 0.25) is 0 Å². The van der Waals surface area contributed by atoms with Crippen molar-refractivity contribution < 1.29 is 14.3 Å².